The van der Waals surface area contributed by atoms with Gasteiger partial charge >= 0.3 is 0 Å². The molecule has 2 nitrogen and oxygen atoms in total. The zero-order chi connectivity index (χ0) is 11.2. The van der Waals surface area contributed by atoms with Crippen molar-refractivity contribution in [1.82, 2.24) is 10.3 Å². The van der Waals surface area contributed by atoms with Crippen LogP contribution in [0.3, 0.4) is 0 Å². The molecule has 0 radical (unpaired) electrons. The van der Waals surface area contributed by atoms with Crippen LogP contribution in [0.5, 0.6) is 0 Å². The zero-order valence-corrected chi connectivity index (χ0v) is 10.2. The van der Waals surface area contributed by atoms with Crippen LogP contribution in [0.25, 0.3) is 0 Å². The molecular formula is C13H16N2S. The Bertz CT molecular complexity index is 397. The molecule has 2 rings (SSSR count). The summed E-state index contributed by atoms with van der Waals surface area (Å²) in [5.74, 6) is 0. The van der Waals surface area contributed by atoms with E-state index >= 15 is 0 Å². The SMILES string of the molecule is CCNC(Cc1ccsc1)c1ccccn1. The molecule has 0 saturated heterocycles. The Hall–Kier alpha value is -1.19. The van der Waals surface area contributed by atoms with Gasteiger partial charge in [0, 0.05) is 6.20 Å². The van der Waals surface area contributed by atoms with Gasteiger partial charge in [-0.3, -0.25) is 4.98 Å². The Labute approximate surface area is 100 Å². The van der Waals surface area contributed by atoms with Gasteiger partial charge < -0.3 is 5.32 Å². The van der Waals surface area contributed by atoms with Gasteiger partial charge in [-0.1, -0.05) is 13.0 Å². The fourth-order valence-electron chi connectivity index (χ4n) is 1.75. The summed E-state index contributed by atoms with van der Waals surface area (Å²) >= 11 is 1.75. The first-order valence-electron chi connectivity index (χ1n) is 5.55. The Morgan fingerprint density at radius 3 is 2.94 bits per heavy atom. The minimum absolute atomic E-state index is 0.320. The molecule has 0 aliphatic heterocycles. The monoisotopic (exact) mass is 232 g/mol. The second kappa shape index (κ2) is 5.77. The molecule has 0 aliphatic carbocycles. The average Bonchev–Trinajstić information content (AvgIpc) is 2.83. The van der Waals surface area contributed by atoms with Gasteiger partial charge in [0.2, 0.25) is 0 Å². The summed E-state index contributed by atoms with van der Waals surface area (Å²) in [6, 6.07) is 8.58. The normalized spacial score (nSPS) is 12.6. The van der Waals surface area contributed by atoms with Crippen LogP contribution in [-0.2, 0) is 6.42 Å². The van der Waals surface area contributed by atoms with Crippen molar-refractivity contribution in [2.45, 2.75) is 19.4 Å². The number of aromatic nitrogens is 1. The van der Waals surface area contributed by atoms with Gasteiger partial charge in [-0.2, -0.15) is 11.3 Å². The number of rotatable bonds is 5. The molecule has 3 heteroatoms. The number of pyridine rings is 1. The Morgan fingerprint density at radius 2 is 2.31 bits per heavy atom. The van der Waals surface area contributed by atoms with Crippen molar-refractivity contribution < 1.29 is 0 Å². The van der Waals surface area contributed by atoms with Gasteiger partial charge in [-0.05, 0) is 47.5 Å². The first-order valence-corrected chi connectivity index (χ1v) is 6.50. The average molecular weight is 232 g/mol. The highest BCUT2D eigenvalue weighted by Crippen LogP contribution is 2.17. The van der Waals surface area contributed by atoms with Gasteiger partial charge in [-0.15, -0.1) is 0 Å². The van der Waals surface area contributed by atoms with E-state index < -0.39 is 0 Å². The van der Waals surface area contributed by atoms with Crippen LogP contribution in [0.1, 0.15) is 24.2 Å². The summed E-state index contributed by atoms with van der Waals surface area (Å²) in [7, 11) is 0. The molecule has 1 atom stereocenters. The molecule has 0 spiro atoms. The van der Waals surface area contributed by atoms with E-state index in [1.807, 2.05) is 18.3 Å². The lowest BCUT2D eigenvalue weighted by atomic mass is 10.1. The maximum atomic E-state index is 4.42. The first-order chi connectivity index (χ1) is 7.90. The van der Waals surface area contributed by atoms with Crippen molar-refractivity contribution >= 4 is 11.3 Å². The van der Waals surface area contributed by atoms with Crippen molar-refractivity contribution in [3.8, 4) is 0 Å². The van der Waals surface area contributed by atoms with Crippen molar-refractivity contribution in [1.29, 1.82) is 0 Å². The smallest absolute Gasteiger partial charge is 0.0576 e. The third kappa shape index (κ3) is 2.90. The predicted molar refractivity (Wildman–Crippen MR) is 68.7 cm³/mol. The summed E-state index contributed by atoms with van der Waals surface area (Å²) in [5, 5.41) is 7.80. The molecule has 0 fully saturated rings. The minimum Gasteiger partial charge on any atom is -0.309 e. The molecule has 2 aromatic rings. The fourth-order valence-corrected chi connectivity index (χ4v) is 2.44. The van der Waals surface area contributed by atoms with Crippen LogP contribution < -0.4 is 5.32 Å². The van der Waals surface area contributed by atoms with E-state index in [-0.39, 0.29) is 0 Å². The maximum absolute atomic E-state index is 4.42. The summed E-state index contributed by atoms with van der Waals surface area (Å²) in [6.45, 7) is 3.09. The van der Waals surface area contributed by atoms with Crippen molar-refractivity contribution in [2.24, 2.45) is 0 Å². The molecule has 2 aromatic heterocycles. The molecule has 0 amide bonds. The molecular weight excluding hydrogens is 216 g/mol. The topological polar surface area (TPSA) is 24.9 Å². The van der Waals surface area contributed by atoms with Crippen LogP contribution in [0.15, 0.2) is 41.2 Å². The molecule has 0 aliphatic rings. The summed E-state index contributed by atoms with van der Waals surface area (Å²) in [4.78, 5) is 4.42. The van der Waals surface area contributed by atoms with Crippen LogP contribution in [0.4, 0.5) is 0 Å². The van der Waals surface area contributed by atoms with Gasteiger partial charge in [0.1, 0.15) is 0 Å². The van der Waals surface area contributed by atoms with Crippen LogP contribution in [0.2, 0.25) is 0 Å². The van der Waals surface area contributed by atoms with Crippen LogP contribution in [-0.4, -0.2) is 11.5 Å². The third-order valence-electron chi connectivity index (χ3n) is 2.52. The Balaban J connectivity index is 2.11. The highest BCUT2D eigenvalue weighted by atomic mass is 32.1. The van der Waals surface area contributed by atoms with Gasteiger partial charge in [0.15, 0.2) is 0 Å². The first kappa shape index (κ1) is 11.3. The van der Waals surface area contributed by atoms with E-state index in [0.29, 0.717) is 6.04 Å². The fraction of sp³-hybridized carbons (Fsp3) is 0.308. The lowest BCUT2D eigenvalue weighted by molar-refractivity contribution is 0.537. The molecule has 0 saturated carbocycles. The third-order valence-corrected chi connectivity index (χ3v) is 3.25. The highest BCUT2D eigenvalue weighted by Gasteiger charge is 2.11. The molecule has 2 heterocycles. The number of likely N-dealkylation sites (N-methyl/N-ethyl adjacent to an activating group) is 1. The standard InChI is InChI=1S/C13H16N2S/c1-2-14-13(9-11-6-8-16-10-11)12-5-3-4-7-15-12/h3-8,10,13-14H,2,9H2,1H3. The number of hydrogen-bond donors (Lipinski definition) is 1. The van der Waals surface area contributed by atoms with Crippen LogP contribution in [0, 0.1) is 0 Å². The van der Waals surface area contributed by atoms with E-state index in [1.165, 1.54) is 5.56 Å². The van der Waals surface area contributed by atoms with E-state index in [0.717, 1.165) is 18.7 Å². The molecule has 0 aromatic carbocycles. The molecule has 84 valence electrons. The maximum Gasteiger partial charge on any atom is 0.0576 e. The van der Waals surface area contributed by atoms with Crippen molar-refractivity contribution in [2.75, 3.05) is 6.54 Å². The highest BCUT2D eigenvalue weighted by molar-refractivity contribution is 7.07. The van der Waals surface area contributed by atoms with Gasteiger partial charge in [0.25, 0.3) is 0 Å². The lowest BCUT2D eigenvalue weighted by Crippen LogP contribution is -2.23. The molecule has 1 N–H and O–H groups in total. The van der Waals surface area contributed by atoms with Gasteiger partial charge in [0.05, 0.1) is 11.7 Å². The number of thiophene rings is 1. The lowest BCUT2D eigenvalue weighted by Gasteiger charge is -2.16. The summed E-state index contributed by atoms with van der Waals surface area (Å²) in [6.07, 6.45) is 2.86. The number of nitrogens with one attached hydrogen (secondary N) is 1. The van der Waals surface area contributed by atoms with Crippen molar-refractivity contribution in [3.63, 3.8) is 0 Å². The van der Waals surface area contributed by atoms with E-state index in [2.05, 4.69) is 40.1 Å². The van der Waals surface area contributed by atoms with E-state index in [1.54, 1.807) is 11.3 Å². The summed E-state index contributed by atoms with van der Waals surface area (Å²) in [5.41, 5.74) is 2.50. The Morgan fingerprint density at radius 1 is 1.38 bits per heavy atom. The number of hydrogen-bond acceptors (Lipinski definition) is 3. The largest absolute Gasteiger partial charge is 0.309 e. The number of nitrogens with zero attached hydrogens (tertiary/aromatic N) is 1. The van der Waals surface area contributed by atoms with Crippen molar-refractivity contribution in [3.05, 3.63) is 52.5 Å². The van der Waals surface area contributed by atoms with Crippen LogP contribution >= 0.6 is 11.3 Å². The molecule has 16 heavy (non-hydrogen) atoms. The van der Waals surface area contributed by atoms with E-state index in [4.69, 9.17) is 0 Å². The molecule has 1 unspecified atom stereocenters. The molecule has 0 bridgehead atoms. The van der Waals surface area contributed by atoms with E-state index in [9.17, 15) is 0 Å². The minimum atomic E-state index is 0.320. The van der Waals surface area contributed by atoms with Gasteiger partial charge in [-0.25, -0.2) is 0 Å². The zero-order valence-electron chi connectivity index (χ0n) is 9.39. The second-order valence-corrected chi connectivity index (χ2v) is 4.48. The quantitative estimate of drug-likeness (QED) is 0.857. The predicted octanol–water partition coefficient (Wildman–Crippen LogP) is 3.04. The second-order valence-electron chi connectivity index (χ2n) is 3.70. The Kier molecular flexibility index (Phi) is 4.08. The summed E-state index contributed by atoms with van der Waals surface area (Å²) < 4.78 is 0.